The van der Waals surface area contributed by atoms with Crippen LogP contribution in [0.25, 0.3) is 0 Å². The second-order valence-corrected chi connectivity index (χ2v) is 11.6. The standard InChI is InChI=1S/C34H67NO3/c1-3-5-7-9-11-13-15-17-19-21-23-25-27-29-31-35-33(36)32-38-34(37)30-28-26-24-22-20-18-16-14-12-10-8-6-4-2/h3-32H2,1-2H3,(H,35,36). The molecule has 0 saturated carbocycles. The molecule has 0 heterocycles. The Morgan fingerprint density at radius 3 is 1.13 bits per heavy atom. The van der Waals surface area contributed by atoms with Gasteiger partial charge in [-0.2, -0.15) is 0 Å². The second kappa shape index (κ2) is 32.2. The van der Waals surface area contributed by atoms with Gasteiger partial charge in [0, 0.05) is 13.0 Å². The Kier molecular flexibility index (Phi) is 31.3. The second-order valence-electron chi connectivity index (χ2n) is 11.6. The minimum absolute atomic E-state index is 0.129. The molecule has 4 heteroatoms. The van der Waals surface area contributed by atoms with Crippen LogP contribution >= 0.6 is 0 Å². The van der Waals surface area contributed by atoms with Crippen molar-refractivity contribution in [3.63, 3.8) is 0 Å². The first-order chi connectivity index (χ1) is 18.7. The molecule has 0 rings (SSSR count). The number of rotatable bonds is 31. The lowest BCUT2D eigenvalue weighted by Gasteiger charge is -2.07. The minimum Gasteiger partial charge on any atom is -0.456 e. The van der Waals surface area contributed by atoms with Crippen molar-refractivity contribution < 1.29 is 14.3 Å². The van der Waals surface area contributed by atoms with E-state index in [0.717, 1.165) is 25.7 Å². The maximum absolute atomic E-state index is 11.9. The molecule has 0 atom stereocenters. The molecule has 38 heavy (non-hydrogen) atoms. The topological polar surface area (TPSA) is 55.4 Å². The number of ether oxygens (including phenoxy) is 1. The predicted octanol–water partition coefficient (Wildman–Crippen LogP) is 10.6. The fourth-order valence-electron chi connectivity index (χ4n) is 5.10. The van der Waals surface area contributed by atoms with Gasteiger partial charge < -0.3 is 10.1 Å². The summed E-state index contributed by atoms with van der Waals surface area (Å²) in [5.41, 5.74) is 0. The summed E-state index contributed by atoms with van der Waals surface area (Å²) >= 11 is 0. The lowest BCUT2D eigenvalue weighted by atomic mass is 10.0. The third kappa shape index (κ3) is 31.2. The number of carbonyl (C=O) groups excluding carboxylic acids is 2. The van der Waals surface area contributed by atoms with Crippen molar-refractivity contribution in [1.29, 1.82) is 0 Å². The smallest absolute Gasteiger partial charge is 0.306 e. The molecule has 0 unspecified atom stereocenters. The molecule has 0 saturated heterocycles. The van der Waals surface area contributed by atoms with Gasteiger partial charge in [0.1, 0.15) is 0 Å². The lowest BCUT2D eigenvalue weighted by molar-refractivity contribution is -0.148. The average molecular weight is 538 g/mol. The normalized spacial score (nSPS) is 11.1. The summed E-state index contributed by atoms with van der Waals surface area (Å²) in [4.78, 5) is 23.7. The summed E-state index contributed by atoms with van der Waals surface area (Å²) in [7, 11) is 0. The van der Waals surface area contributed by atoms with Crippen molar-refractivity contribution in [2.24, 2.45) is 0 Å². The predicted molar refractivity (Wildman–Crippen MR) is 165 cm³/mol. The Morgan fingerprint density at radius 2 is 0.763 bits per heavy atom. The number of hydrogen-bond donors (Lipinski definition) is 1. The fourth-order valence-corrected chi connectivity index (χ4v) is 5.10. The van der Waals surface area contributed by atoms with Crippen LogP contribution in [-0.4, -0.2) is 25.0 Å². The molecule has 0 radical (unpaired) electrons. The van der Waals surface area contributed by atoms with E-state index >= 15 is 0 Å². The number of nitrogens with one attached hydrogen (secondary N) is 1. The van der Waals surface area contributed by atoms with Crippen molar-refractivity contribution in [1.82, 2.24) is 5.32 Å². The average Bonchev–Trinajstić information content (AvgIpc) is 2.92. The van der Waals surface area contributed by atoms with Crippen molar-refractivity contribution >= 4 is 11.9 Å². The van der Waals surface area contributed by atoms with E-state index in [1.165, 1.54) is 148 Å². The van der Waals surface area contributed by atoms with Crippen LogP contribution in [0.4, 0.5) is 0 Å². The van der Waals surface area contributed by atoms with Crippen molar-refractivity contribution in [2.45, 2.75) is 194 Å². The Labute approximate surface area is 238 Å². The van der Waals surface area contributed by atoms with Gasteiger partial charge in [-0.3, -0.25) is 9.59 Å². The highest BCUT2D eigenvalue weighted by molar-refractivity contribution is 5.80. The van der Waals surface area contributed by atoms with E-state index in [4.69, 9.17) is 4.74 Å². The maximum Gasteiger partial charge on any atom is 0.306 e. The molecule has 0 aliphatic carbocycles. The van der Waals surface area contributed by atoms with Crippen LogP contribution in [0.3, 0.4) is 0 Å². The Bertz CT molecular complexity index is 494. The van der Waals surface area contributed by atoms with Gasteiger partial charge in [0.25, 0.3) is 5.91 Å². The summed E-state index contributed by atoms with van der Waals surface area (Å²) in [6.45, 7) is 5.10. The van der Waals surface area contributed by atoms with Gasteiger partial charge in [-0.1, -0.05) is 174 Å². The summed E-state index contributed by atoms with van der Waals surface area (Å²) < 4.78 is 5.13. The van der Waals surface area contributed by atoms with Crippen LogP contribution in [0.1, 0.15) is 194 Å². The molecule has 0 bridgehead atoms. The molecular weight excluding hydrogens is 470 g/mol. The molecule has 0 fully saturated rings. The number of carbonyl (C=O) groups is 2. The van der Waals surface area contributed by atoms with Crippen LogP contribution in [0.5, 0.6) is 0 Å². The van der Waals surface area contributed by atoms with E-state index in [1.54, 1.807) is 0 Å². The fraction of sp³-hybridized carbons (Fsp3) is 0.941. The Hall–Kier alpha value is -1.06. The van der Waals surface area contributed by atoms with E-state index < -0.39 is 0 Å². The Balaban J connectivity index is 3.27. The molecule has 0 aliphatic rings. The minimum atomic E-state index is -0.236. The SMILES string of the molecule is CCCCCCCCCCCCCCCCNC(=O)COC(=O)CCCCCCCCCCCCCCC. The van der Waals surface area contributed by atoms with E-state index in [2.05, 4.69) is 19.2 Å². The summed E-state index contributed by atoms with van der Waals surface area (Å²) in [6.07, 6.45) is 35.9. The molecule has 1 N–H and O–H groups in total. The molecule has 0 aromatic carbocycles. The van der Waals surface area contributed by atoms with Crippen LogP contribution in [0.15, 0.2) is 0 Å². The maximum atomic E-state index is 11.9. The Morgan fingerprint density at radius 1 is 0.447 bits per heavy atom. The monoisotopic (exact) mass is 538 g/mol. The molecule has 4 nitrogen and oxygen atoms in total. The van der Waals surface area contributed by atoms with E-state index in [0.29, 0.717) is 13.0 Å². The zero-order chi connectivity index (χ0) is 27.8. The van der Waals surface area contributed by atoms with E-state index in [-0.39, 0.29) is 18.5 Å². The number of amides is 1. The summed E-state index contributed by atoms with van der Waals surface area (Å²) in [6, 6.07) is 0. The van der Waals surface area contributed by atoms with Crippen LogP contribution in [0.2, 0.25) is 0 Å². The van der Waals surface area contributed by atoms with Crippen LogP contribution < -0.4 is 5.32 Å². The van der Waals surface area contributed by atoms with Gasteiger partial charge in [-0.05, 0) is 12.8 Å². The van der Waals surface area contributed by atoms with Crippen molar-refractivity contribution in [3.05, 3.63) is 0 Å². The number of unbranched alkanes of at least 4 members (excludes halogenated alkanes) is 25. The quantitative estimate of drug-likeness (QED) is 0.0706. The zero-order valence-electron chi connectivity index (χ0n) is 25.9. The highest BCUT2D eigenvalue weighted by Gasteiger charge is 2.07. The molecule has 0 aliphatic heterocycles. The molecule has 1 amide bonds. The zero-order valence-corrected chi connectivity index (χ0v) is 25.9. The highest BCUT2D eigenvalue weighted by atomic mass is 16.5. The van der Waals surface area contributed by atoms with Gasteiger partial charge in [0.15, 0.2) is 6.61 Å². The van der Waals surface area contributed by atoms with Crippen molar-refractivity contribution in [3.8, 4) is 0 Å². The first kappa shape index (κ1) is 36.9. The molecular formula is C34H67NO3. The third-order valence-corrected chi connectivity index (χ3v) is 7.70. The molecule has 0 aromatic heterocycles. The van der Waals surface area contributed by atoms with Gasteiger partial charge in [0.2, 0.25) is 0 Å². The van der Waals surface area contributed by atoms with Gasteiger partial charge >= 0.3 is 5.97 Å². The number of esters is 1. The third-order valence-electron chi connectivity index (χ3n) is 7.70. The number of hydrogen-bond acceptors (Lipinski definition) is 3. The van der Waals surface area contributed by atoms with Crippen molar-refractivity contribution in [2.75, 3.05) is 13.2 Å². The molecule has 0 aromatic rings. The largest absolute Gasteiger partial charge is 0.456 e. The van der Waals surface area contributed by atoms with Crippen LogP contribution in [0, 0.1) is 0 Å². The lowest BCUT2D eigenvalue weighted by Crippen LogP contribution is -2.29. The van der Waals surface area contributed by atoms with Gasteiger partial charge in [-0.25, -0.2) is 0 Å². The summed E-state index contributed by atoms with van der Waals surface area (Å²) in [5.74, 6) is -0.405. The van der Waals surface area contributed by atoms with Crippen LogP contribution in [-0.2, 0) is 14.3 Å². The molecule has 226 valence electrons. The molecule has 0 spiro atoms. The summed E-state index contributed by atoms with van der Waals surface area (Å²) in [5, 5.41) is 2.88. The van der Waals surface area contributed by atoms with E-state index in [1.807, 2.05) is 0 Å². The first-order valence-electron chi connectivity index (χ1n) is 17.1. The highest BCUT2D eigenvalue weighted by Crippen LogP contribution is 2.14. The van der Waals surface area contributed by atoms with Gasteiger partial charge in [0.05, 0.1) is 0 Å². The van der Waals surface area contributed by atoms with E-state index in [9.17, 15) is 9.59 Å². The first-order valence-corrected chi connectivity index (χ1v) is 17.1. The van der Waals surface area contributed by atoms with Gasteiger partial charge in [-0.15, -0.1) is 0 Å².